The van der Waals surface area contributed by atoms with E-state index in [0.29, 0.717) is 6.54 Å². The highest BCUT2D eigenvalue weighted by Gasteiger charge is 2.20. The van der Waals surface area contributed by atoms with Gasteiger partial charge in [-0.15, -0.1) is 5.10 Å². The Kier molecular flexibility index (Phi) is 5.90. The molecule has 0 N–H and O–H groups in total. The molecule has 0 aliphatic heterocycles. The summed E-state index contributed by atoms with van der Waals surface area (Å²) in [6, 6.07) is 16.3. The van der Waals surface area contributed by atoms with Crippen LogP contribution in [0.25, 0.3) is 16.8 Å². The summed E-state index contributed by atoms with van der Waals surface area (Å²) in [4.78, 5) is 13.1. The highest BCUT2D eigenvalue weighted by molar-refractivity contribution is 5.72. The lowest BCUT2D eigenvalue weighted by atomic mass is 10.0. The van der Waals surface area contributed by atoms with E-state index in [2.05, 4.69) is 72.7 Å². The van der Waals surface area contributed by atoms with Gasteiger partial charge in [0.1, 0.15) is 6.33 Å². The van der Waals surface area contributed by atoms with Crippen LogP contribution in [0.4, 0.5) is 0 Å². The fraction of sp³-hybridized carbons (Fsp3) is 0.280. The summed E-state index contributed by atoms with van der Waals surface area (Å²) in [5.41, 5.74) is 4.85. The third-order valence-corrected chi connectivity index (χ3v) is 5.45. The van der Waals surface area contributed by atoms with Crippen LogP contribution >= 0.6 is 0 Å². The molecule has 4 aromatic rings. The zero-order valence-corrected chi connectivity index (χ0v) is 18.9. The SMILES string of the molecule is CC=CCc1cn(C(C)(C)C)c(=O)n1Cc1ccc(-c2ccccc2-n2cnnn2)cc1. The first kappa shape index (κ1) is 21.5. The first-order valence-corrected chi connectivity index (χ1v) is 10.7. The molecule has 0 spiro atoms. The Hall–Kier alpha value is -3.74. The van der Waals surface area contributed by atoms with Crippen LogP contribution < -0.4 is 5.69 Å². The molecular weight excluding hydrogens is 400 g/mol. The summed E-state index contributed by atoms with van der Waals surface area (Å²) < 4.78 is 5.35. The standard InChI is InChI=1S/C25H28N6O/c1-5-6-9-21-17-30(25(2,3)4)24(32)29(21)16-19-12-14-20(15-13-19)22-10-7-8-11-23(22)31-18-26-27-28-31/h5-8,10-15,17-18H,9,16H2,1-4H3. The van der Waals surface area contributed by atoms with E-state index in [0.717, 1.165) is 34.5 Å². The summed E-state index contributed by atoms with van der Waals surface area (Å²) in [5, 5.41) is 11.5. The van der Waals surface area contributed by atoms with Crippen LogP contribution in [0.15, 0.2) is 78.0 Å². The number of aromatic nitrogens is 6. The minimum atomic E-state index is -0.267. The predicted octanol–water partition coefficient (Wildman–Crippen LogP) is 4.21. The van der Waals surface area contributed by atoms with E-state index in [1.54, 1.807) is 11.0 Å². The Morgan fingerprint density at radius 3 is 2.44 bits per heavy atom. The molecule has 0 saturated carbocycles. The monoisotopic (exact) mass is 428 g/mol. The number of imidazole rings is 1. The van der Waals surface area contributed by atoms with Crippen LogP contribution in [0.5, 0.6) is 0 Å². The molecule has 0 bridgehead atoms. The number of benzene rings is 2. The summed E-state index contributed by atoms with van der Waals surface area (Å²) in [6.45, 7) is 8.68. The quantitative estimate of drug-likeness (QED) is 0.431. The van der Waals surface area contributed by atoms with Crippen molar-refractivity contribution in [2.24, 2.45) is 0 Å². The number of hydrogen-bond donors (Lipinski definition) is 0. The fourth-order valence-corrected chi connectivity index (χ4v) is 3.74. The molecule has 0 radical (unpaired) electrons. The zero-order valence-electron chi connectivity index (χ0n) is 18.9. The van der Waals surface area contributed by atoms with Crippen molar-refractivity contribution in [2.75, 3.05) is 0 Å². The van der Waals surface area contributed by atoms with Crippen molar-refractivity contribution in [3.8, 4) is 16.8 Å². The average Bonchev–Trinajstić information content (AvgIpc) is 3.42. The predicted molar refractivity (Wildman–Crippen MR) is 126 cm³/mol. The number of rotatable bonds is 6. The summed E-state index contributed by atoms with van der Waals surface area (Å²) in [7, 11) is 0. The Morgan fingerprint density at radius 2 is 1.78 bits per heavy atom. The topological polar surface area (TPSA) is 70.5 Å². The second-order valence-corrected chi connectivity index (χ2v) is 8.77. The van der Waals surface area contributed by atoms with Gasteiger partial charge < -0.3 is 0 Å². The lowest BCUT2D eigenvalue weighted by Gasteiger charge is -2.19. The van der Waals surface area contributed by atoms with Gasteiger partial charge in [0.25, 0.3) is 0 Å². The van der Waals surface area contributed by atoms with Crippen LogP contribution in [0, 0.1) is 0 Å². The largest absolute Gasteiger partial charge is 0.329 e. The summed E-state index contributed by atoms with van der Waals surface area (Å²) >= 11 is 0. The van der Waals surface area contributed by atoms with E-state index in [4.69, 9.17) is 0 Å². The lowest BCUT2D eigenvalue weighted by Crippen LogP contribution is -2.34. The molecule has 2 aromatic carbocycles. The van der Waals surface area contributed by atoms with Gasteiger partial charge in [-0.1, -0.05) is 54.6 Å². The molecule has 0 fully saturated rings. The van der Waals surface area contributed by atoms with Gasteiger partial charge >= 0.3 is 5.69 Å². The second-order valence-electron chi connectivity index (χ2n) is 8.77. The molecule has 7 nitrogen and oxygen atoms in total. The number of tetrazole rings is 1. The van der Waals surface area contributed by atoms with E-state index >= 15 is 0 Å². The maximum atomic E-state index is 13.1. The van der Waals surface area contributed by atoms with Crippen molar-refractivity contribution in [1.29, 1.82) is 0 Å². The van der Waals surface area contributed by atoms with E-state index in [9.17, 15) is 4.79 Å². The van der Waals surface area contributed by atoms with Gasteiger partial charge in [-0.25, -0.2) is 4.79 Å². The molecule has 0 aliphatic carbocycles. The summed E-state index contributed by atoms with van der Waals surface area (Å²) in [5.74, 6) is 0. The summed E-state index contributed by atoms with van der Waals surface area (Å²) in [6.07, 6.45) is 8.40. The van der Waals surface area contributed by atoms with Gasteiger partial charge in [-0.3, -0.25) is 9.13 Å². The van der Waals surface area contributed by atoms with Gasteiger partial charge in [0.15, 0.2) is 0 Å². The van der Waals surface area contributed by atoms with Crippen molar-refractivity contribution < 1.29 is 0 Å². The van der Waals surface area contributed by atoms with Crippen molar-refractivity contribution in [2.45, 2.75) is 46.2 Å². The van der Waals surface area contributed by atoms with Gasteiger partial charge in [-0.05, 0) is 55.3 Å². The number of nitrogens with zero attached hydrogens (tertiary/aromatic N) is 6. The maximum absolute atomic E-state index is 13.1. The lowest BCUT2D eigenvalue weighted by molar-refractivity contribution is 0.380. The Bertz CT molecular complexity index is 1270. The molecule has 0 aliphatic rings. The highest BCUT2D eigenvalue weighted by atomic mass is 16.1. The number of hydrogen-bond acceptors (Lipinski definition) is 4. The van der Waals surface area contributed by atoms with Crippen molar-refractivity contribution >= 4 is 0 Å². The minimum absolute atomic E-state index is 0.0186. The molecule has 4 rings (SSSR count). The smallest absolute Gasteiger partial charge is 0.294 e. The normalized spacial score (nSPS) is 12.0. The molecule has 32 heavy (non-hydrogen) atoms. The van der Waals surface area contributed by atoms with Crippen molar-refractivity contribution in [3.63, 3.8) is 0 Å². The van der Waals surface area contributed by atoms with Crippen LogP contribution in [-0.2, 0) is 18.5 Å². The third kappa shape index (κ3) is 4.32. The van der Waals surface area contributed by atoms with Gasteiger partial charge in [0.05, 0.1) is 12.2 Å². The first-order valence-electron chi connectivity index (χ1n) is 10.7. The Labute approximate surface area is 187 Å². The second kappa shape index (κ2) is 8.78. The van der Waals surface area contributed by atoms with Crippen molar-refractivity contribution in [1.82, 2.24) is 29.3 Å². The van der Waals surface area contributed by atoms with Crippen molar-refractivity contribution in [3.05, 3.63) is 94.9 Å². The first-order chi connectivity index (χ1) is 15.4. The highest BCUT2D eigenvalue weighted by Crippen LogP contribution is 2.26. The molecule has 7 heteroatoms. The van der Waals surface area contributed by atoms with E-state index in [1.807, 2.05) is 46.5 Å². The van der Waals surface area contributed by atoms with Gasteiger partial charge in [-0.2, -0.15) is 4.68 Å². The molecule has 0 atom stereocenters. The molecule has 0 saturated heterocycles. The number of allylic oxidation sites excluding steroid dienone is 2. The minimum Gasteiger partial charge on any atom is -0.294 e. The van der Waals surface area contributed by atoms with E-state index in [-0.39, 0.29) is 11.2 Å². The third-order valence-electron chi connectivity index (χ3n) is 5.45. The molecule has 0 amide bonds. The molecule has 2 heterocycles. The Morgan fingerprint density at radius 1 is 1.03 bits per heavy atom. The maximum Gasteiger partial charge on any atom is 0.329 e. The van der Waals surface area contributed by atoms with Gasteiger partial charge in [0, 0.05) is 29.4 Å². The van der Waals surface area contributed by atoms with Crippen LogP contribution in [0.2, 0.25) is 0 Å². The molecular formula is C25H28N6O. The zero-order chi connectivity index (χ0) is 22.7. The van der Waals surface area contributed by atoms with Crippen LogP contribution in [0.3, 0.4) is 0 Å². The van der Waals surface area contributed by atoms with E-state index in [1.165, 1.54) is 0 Å². The van der Waals surface area contributed by atoms with Crippen LogP contribution in [-0.4, -0.2) is 29.3 Å². The molecule has 164 valence electrons. The Balaban J connectivity index is 1.66. The molecule has 2 aromatic heterocycles. The number of para-hydroxylation sites is 1. The van der Waals surface area contributed by atoms with Crippen LogP contribution in [0.1, 0.15) is 39.0 Å². The fourth-order valence-electron chi connectivity index (χ4n) is 3.74. The van der Waals surface area contributed by atoms with Gasteiger partial charge in [0.2, 0.25) is 0 Å². The average molecular weight is 429 g/mol. The van der Waals surface area contributed by atoms with E-state index < -0.39 is 0 Å². The molecule has 0 unspecified atom stereocenters.